The van der Waals surface area contributed by atoms with E-state index in [2.05, 4.69) is 25.4 Å². The van der Waals surface area contributed by atoms with Gasteiger partial charge in [0.15, 0.2) is 0 Å². The molecular weight excluding hydrogens is 286 g/mol. The lowest BCUT2D eigenvalue weighted by Crippen LogP contribution is -2.23. The number of aromatic nitrogens is 4. The van der Waals surface area contributed by atoms with E-state index in [9.17, 15) is 9.59 Å². The fraction of sp³-hybridized carbons (Fsp3) is 0.0714. The summed E-state index contributed by atoms with van der Waals surface area (Å²) in [7, 11) is 0. The summed E-state index contributed by atoms with van der Waals surface area (Å²) in [6.45, 7) is 1.60. The second kappa shape index (κ2) is 5.60. The quantitative estimate of drug-likeness (QED) is 0.576. The first-order valence-electron chi connectivity index (χ1n) is 6.40. The molecule has 2 heterocycles. The third kappa shape index (κ3) is 2.62. The van der Waals surface area contributed by atoms with Crippen LogP contribution in [0.4, 0.5) is 5.82 Å². The molecule has 0 saturated heterocycles. The molecule has 0 spiro atoms. The zero-order valence-corrected chi connectivity index (χ0v) is 11.6. The number of rotatable bonds is 4. The standard InChI is InChI=1S/C14H11N5O3/c1-9-13(18-22-17-9)16-14(21)12(20)10-7-15-19(8-10)11-5-3-2-4-6-11/h2-8H,1H3,(H,16,18,21). The Morgan fingerprint density at radius 2 is 1.95 bits per heavy atom. The van der Waals surface area contributed by atoms with Crippen molar-refractivity contribution in [1.82, 2.24) is 20.1 Å². The minimum Gasteiger partial charge on any atom is -0.299 e. The van der Waals surface area contributed by atoms with Crippen LogP contribution in [0.15, 0.2) is 47.4 Å². The number of carbonyl (C=O) groups is 2. The largest absolute Gasteiger partial charge is 0.299 e. The molecule has 1 amide bonds. The van der Waals surface area contributed by atoms with Crippen molar-refractivity contribution < 1.29 is 14.2 Å². The van der Waals surface area contributed by atoms with E-state index in [1.54, 1.807) is 6.92 Å². The maximum atomic E-state index is 12.1. The maximum absolute atomic E-state index is 12.1. The van der Waals surface area contributed by atoms with Crippen molar-refractivity contribution in [2.45, 2.75) is 6.92 Å². The zero-order chi connectivity index (χ0) is 15.5. The molecule has 8 heteroatoms. The summed E-state index contributed by atoms with van der Waals surface area (Å²) in [5.41, 5.74) is 1.36. The topological polar surface area (TPSA) is 103 Å². The smallest absolute Gasteiger partial charge is 0.298 e. The molecule has 0 saturated carbocycles. The van der Waals surface area contributed by atoms with Crippen LogP contribution in [0.3, 0.4) is 0 Å². The predicted octanol–water partition coefficient (Wildman–Crippen LogP) is 1.39. The highest BCUT2D eigenvalue weighted by molar-refractivity contribution is 6.46. The number of hydrogen-bond donors (Lipinski definition) is 1. The first kappa shape index (κ1) is 13.7. The number of para-hydroxylation sites is 1. The van der Waals surface area contributed by atoms with Gasteiger partial charge in [-0.15, -0.1) is 0 Å². The molecular formula is C14H11N5O3. The van der Waals surface area contributed by atoms with Crippen molar-refractivity contribution in [3.8, 4) is 5.69 Å². The number of Topliss-reactive ketones (excluding diaryl/α,β-unsaturated/α-hetero) is 1. The zero-order valence-electron chi connectivity index (χ0n) is 11.6. The van der Waals surface area contributed by atoms with E-state index in [1.807, 2.05) is 30.3 Å². The van der Waals surface area contributed by atoms with Gasteiger partial charge in [0.1, 0.15) is 5.69 Å². The first-order valence-corrected chi connectivity index (χ1v) is 6.40. The van der Waals surface area contributed by atoms with Gasteiger partial charge in [0.2, 0.25) is 5.82 Å². The lowest BCUT2D eigenvalue weighted by molar-refractivity contribution is -0.112. The lowest BCUT2D eigenvalue weighted by atomic mass is 10.2. The molecule has 0 aliphatic rings. The number of nitrogens with one attached hydrogen (secondary N) is 1. The number of nitrogens with zero attached hydrogens (tertiary/aromatic N) is 4. The van der Waals surface area contributed by atoms with Gasteiger partial charge in [-0.05, 0) is 24.2 Å². The van der Waals surface area contributed by atoms with Gasteiger partial charge in [0, 0.05) is 6.20 Å². The third-order valence-electron chi connectivity index (χ3n) is 2.96. The van der Waals surface area contributed by atoms with E-state index >= 15 is 0 Å². The molecule has 0 bridgehead atoms. The molecule has 3 aromatic rings. The fourth-order valence-corrected chi connectivity index (χ4v) is 1.80. The van der Waals surface area contributed by atoms with Crippen LogP contribution in [0.1, 0.15) is 16.1 Å². The molecule has 8 nitrogen and oxygen atoms in total. The van der Waals surface area contributed by atoms with E-state index in [0.29, 0.717) is 5.69 Å². The maximum Gasteiger partial charge on any atom is 0.298 e. The monoisotopic (exact) mass is 297 g/mol. The van der Waals surface area contributed by atoms with Crippen molar-refractivity contribution in [3.63, 3.8) is 0 Å². The molecule has 1 N–H and O–H groups in total. The van der Waals surface area contributed by atoms with Gasteiger partial charge < -0.3 is 0 Å². The van der Waals surface area contributed by atoms with Crippen LogP contribution in [0.2, 0.25) is 0 Å². The second-order valence-electron chi connectivity index (χ2n) is 4.49. The normalized spacial score (nSPS) is 10.4. The van der Waals surface area contributed by atoms with Gasteiger partial charge in [-0.3, -0.25) is 14.9 Å². The molecule has 0 aliphatic heterocycles. The van der Waals surface area contributed by atoms with Gasteiger partial charge >= 0.3 is 0 Å². The summed E-state index contributed by atoms with van der Waals surface area (Å²) in [5, 5.41) is 13.4. The predicted molar refractivity (Wildman–Crippen MR) is 75.6 cm³/mol. The van der Waals surface area contributed by atoms with Crippen LogP contribution in [0.25, 0.3) is 5.69 Å². The Labute approximate surface area is 124 Å². The first-order chi connectivity index (χ1) is 10.6. The number of ketones is 1. The van der Waals surface area contributed by atoms with Gasteiger partial charge in [-0.1, -0.05) is 23.4 Å². The molecule has 22 heavy (non-hydrogen) atoms. The van der Waals surface area contributed by atoms with Crippen LogP contribution in [-0.2, 0) is 4.79 Å². The van der Waals surface area contributed by atoms with Crippen molar-refractivity contribution >= 4 is 17.5 Å². The van der Waals surface area contributed by atoms with Gasteiger partial charge in [-0.25, -0.2) is 9.31 Å². The van der Waals surface area contributed by atoms with Crippen molar-refractivity contribution in [3.05, 3.63) is 54.0 Å². The summed E-state index contributed by atoms with van der Waals surface area (Å²) in [5.74, 6) is -1.43. The Morgan fingerprint density at radius 1 is 1.18 bits per heavy atom. The number of aryl methyl sites for hydroxylation is 1. The molecule has 110 valence electrons. The SMILES string of the molecule is Cc1nonc1NC(=O)C(=O)c1cnn(-c2ccccc2)c1. The molecule has 0 radical (unpaired) electrons. The average molecular weight is 297 g/mol. The molecule has 2 aromatic heterocycles. The molecule has 0 unspecified atom stereocenters. The van der Waals surface area contributed by atoms with Crippen LogP contribution in [0.5, 0.6) is 0 Å². The molecule has 0 fully saturated rings. The summed E-state index contributed by atoms with van der Waals surface area (Å²) in [6, 6.07) is 9.26. The highest BCUT2D eigenvalue weighted by Gasteiger charge is 2.20. The number of carbonyl (C=O) groups excluding carboxylic acids is 2. The van der Waals surface area contributed by atoms with Crippen LogP contribution >= 0.6 is 0 Å². The number of benzene rings is 1. The Kier molecular flexibility index (Phi) is 3.48. The number of hydrogen-bond acceptors (Lipinski definition) is 6. The van der Waals surface area contributed by atoms with E-state index < -0.39 is 11.7 Å². The van der Waals surface area contributed by atoms with E-state index in [0.717, 1.165) is 5.69 Å². The highest BCUT2D eigenvalue weighted by atomic mass is 16.6. The molecule has 0 aliphatic carbocycles. The van der Waals surface area contributed by atoms with E-state index in [-0.39, 0.29) is 11.4 Å². The Morgan fingerprint density at radius 3 is 2.64 bits per heavy atom. The summed E-state index contributed by atoms with van der Waals surface area (Å²) >= 11 is 0. The highest BCUT2D eigenvalue weighted by Crippen LogP contribution is 2.10. The minimum atomic E-state index is -0.827. The van der Waals surface area contributed by atoms with Crippen LogP contribution in [0, 0.1) is 6.92 Å². The Balaban J connectivity index is 1.77. The van der Waals surface area contributed by atoms with E-state index in [4.69, 9.17) is 0 Å². The molecule has 1 aromatic carbocycles. The Hall–Kier alpha value is -3.29. The van der Waals surface area contributed by atoms with Gasteiger partial charge in [0.25, 0.3) is 11.7 Å². The van der Waals surface area contributed by atoms with Crippen molar-refractivity contribution in [2.24, 2.45) is 0 Å². The fourth-order valence-electron chi connectivity index (χ4n) is 1.80. The number of anilines is 1. The number of amides is 1. The molecule has 0 atom stereocenters. The van der Waals surface area contributed by atoms with Gasteiger partial charge in [0.05, 0.1) is 17.4 Å². The van der Waals surface area contributed by atoms with Crippen molar-refractivity contribution in [1.29, 1.82) is 0 Å². The summed E-state index contributed by atoms with van der Waals surface area (Å²) < 4.78 is 5.97. The third-order valence-corrected chi connectivity index (χ3v) is 2.96. The molecule has 3 rings (SSSR count). The lowest BCUT2D eigenvalue weighted by Gasteiger charge is -2.00. The average Bonchev–Trinajstić information content (AvgIpc) is 3.17. The summed E-state index contributed by atoms with van der Waals surface area (Å²) in [6.07, 6.45) is 2.83. The van der Waals surface area contributed by atoms with E-state index in [1.165, 1.54) is 17.1 Å². The Bertz CT molecular complexity index is 822. The second-order valence-corrected chi connectivity index (χ2v) is 4.49. The van der Waals surface area contributed by atoms with Crippen LogP contribution in [-0.4, -0.2) is 31.8 Å². The minimum absolute atomic E-state index is 0.119. The van der Waals surface area contributed by atoms with Gasteiger partial charge in [-0.2, -0.15) is 5.10 Å². The van der Waals surface area contributed by atoms with Crippen LogP contribution < -0.4 is 5.32 Å². The van der Waals surface area contributed by atoms with Crippen molar-refractivity contribution in [2.75, 3.05) is 5.32 Å². The summed E-state index contributed by atoms with van der Waals surface area (Å²) in [4.78, 5) is 24.0.